The van der Waals surface area contributed by atoms with Gasteiger partial charge in [-0.3, -0.25) is 0 Å². The zero-order valence-electron chi connectivity index (χ0n) is 14.3. The van der Waals surface area contributed by atoms with Crippen molar-refractivity contribution in [1.29, 1.82) is 0 Å². The fraction of sp³-hybridized carbons (Fsp3) is 0.333. The molecule has 0 unspecified atom stereocenters. The highest BCUT2D eigenvalue weighted by atomic mass is 28.4. The molecule has 2 rings (SSSR count). The van der Waals surface area contributed by atoms with Crippen molar-refractivity contribution in [2.45, 2.75) is 38.7 Å². The van der Waals surface area contributed by atoms with E-state index >= 15 is 0 Å². The molecular weight excluding hydrogens is 296 g/mol. The summed E-state index contributed by atoms with van der Waals surface area (Å²) in [7, 11) is -2.89. The van der Waals surface area contributed by atoms with E-state index in [1.807, 2.05) is 36.4 Å². The van der Waals surface area contributed by atoms with Crippen LogP contribution in [0.25, 0.3) is 0 Å². The molecular formula is C21H26OSi. The molecule has 0 aromatic heterocycles. The van der Waals surface area contributed by atoms with Gasteiger partial charge in [0.25, 0.3) is 8.32 Å². The van der Waals surface area contributed by atoms with Crippen molar-refractivity contribution in [2.75, 3.05) is 0 Å². The molecule has 0 fully saturated rings. The second-order valence-electron chi connectivity index (χ2n) is 7.04. The van der Waals surface area contributed by atoms with E-state index in [0.29, 0.717) is 5.92 Å². The molecule has 0 heterocycles. The Kier molecular flexibility index (Phi) is 5.46. The molecule has 23 heavy (non-hydrogen) atoms. The van der Waals surface area contributed by atoms with Gasteiger partial charge < -0.3 is 4.80 Å². The molecule has 0 aliphatic carbocycles. The Morgan fingerprint density at radius 1 is 1.00 bits per heavy atom. The largest absolute Gasteiger partial charge is 0.424 e. The highest BCUT2D eigenvalue weighted by molar-refractivity contribution is 6.98. The van der Waals surface area contributed by atoms with E-state index in [1.165, 1.54) is 0 Å². The summed E-state index contributed by atoms with van der Waals surface area (Å²) in [6.45, 7) is 6.55. The maximum absolute atomic E-state index is 12.0. The summed E-state index contributed by atoms with van der Waals surface area (Å²) in [5.41, 5.74) is 0. The van der Waals surface area contributed by atoms with Crippen molar-refractivity contribution in [2.24, 2.45) is 5.92 Å². The zero-order valence-corrected chi connectivity index (χ0v) is 15.3. The van der Waals surface area contributed by atoms with E-state index in [4.69, 9.17) is 6.42 Å². The number of hydrogen-bond donors (Lipinski definition) is 1. The minimum atomic E-state index is -2.89. The number of hydrogen-bond acceptors (Lipinski definition) is 1. The van der Waals surface area contributed by atoms with Crippen LogP contribution >= 0.6 is 0 Å². The van der Waals surface area contributed by atoms with Crippen LogP contribution in [0.1, 0.15) is 33.6 Å². The maximum Gasteiger partial charge on any atom is 0.258 e. The van der Waals surface area contributed by atoms with E-state index < -0.39 is 8.32 Å². The molecule has 0 spiro atoms. The number of terminal acetylenes is 1. The molecule has 0 saturated heterocycles. The lowest BCUT2D eigenvalue weighted by atomic mass is 9.95. The monoisotopic (exact) mass is 322 g/mol. The standard InChI is InChI=1S/C21H26OSi/c1-5-12-18(2)17-21(3,4)23(22,19-13-8-6-9-14-19)20-15-10-7-11-16-20/h1,6-11,13-16,18,22H,12,17H2,2-4H3/t18-/m0/s1. The third-order valence-electron chi connectivity index (χ3n) is 4.69. The van der Waals surface area contributed by atoms with E-state index in [-0.39, 0.29) is 5.04 Å². The minimum absolute atomic E-state index is 0.216. The van der Waals surface area contributed by atoms with Crippen LogP contribution in [0.4, 0.5) is 0 Å². The molecule has 0 radical (unpaired) electrons. The van der Waals surface area contributed by atoms with Crippen LogP contribution in [0.3, 0.4) is 0 Å². The second-order valence-corrected chi connectivity index (χ2v) is 11.0. The van der Waals surface area contributed by atoms with Gasteiger partial charge in [0.15, 0.2) is 0 Å². The van der Waals surface area contributed by atoms with Crippen molar-refractivity contribution in [3.05, 3.63) is 60.7 Å². The average Bonchev–Trinajstić information content (AvgIpc) is 2.55. The Bertz CT molecular complexity index is 616. The molecule has 2 heteroatoms. The van der Waals surface area contributed by atoms with Crippen LogP contribution in [0.5, 0.6) is 0 Å². The Morgan fingerprint density at radius 3 is 1.83 bits per heavy atom. The van der Waals surface area contributed by atoms with Gasteiger partial charge >= 0.3 is 0 Å². The smallest absolute Gasteiger partial charge is 0.258 e. The second kappa shape index (κ2) is 7.17. The fourth-order valence-electron chi connectivity index (χ4n) is 3.60. The van der Waals surface area contributed by atoms with Gasteiger partial charge in [-0.15, -0.1) is 12.3 Å². The van der Waals surface area contributed by atoms with Gasteiger partial charge in [-0.2, -0.15) is 0 Å². The molecule has 0 aliphatic heterocycles. The SMILES string of the molecule is C#CC[C@H](C)CC(C)(C)[Si](O)(c1ccccc1)c1ccccc1. The summed E-state index contributed by atoms with van der Waals surface area (Å²) < 4.78 is 0. The van der Waals surface area contributed by atoms with Gasteiger partial charge in [-0.25, -0.2) is 0 Å². The van der Waals surface area contributed by atoms with Crippen molar-refractivity contribution in [1.82, 2.24) is 0 Å². The normalized spacial score (nSPS) is 13.3. The molecule has 1 nitrogen and oxygen atoms in total. The quantitative estimate of drug-likeness (QED) is 0.637. The van der Waals surface area contributed by atoms with E-state index in [2.05, 4.69) is 51.0 Å². The molecule has 1 N–H and O–H groups in total. The van der Waals surface area contributed by atoms with E-state index in [0.717, 1.165) is 23.2 Å². The third kappa shape index (κ3) is 3.58. The summed E-state index contributed by atoms with van der Waals surface area (Å²) in [5, 5.41) is 1.90. The Balaban J connectivity index is 2.52. The highest BCUT2D eigenvalue weighted by Gasteiger charge is 2.50. The van der Waals surface area contributed by atoms with Crippen LogP contribution in [-0.2, 0) is 0 Å². The maximum atomic E-state index is 12.0. The van der Waals surface area contributed by atoms with Crippen LogP contribution in [0, 0.1) is 18.3 Å². The Labute approximate surface area is 141 Å². The third-order valence-corrected chi connectivity index (χ3v) is 9.19. The summed E-state index contributed by atoms with van der Waals surface area (Å²) in [4.78, 5) is 12.0. The average molecular weight is 323 g/mol. The van der Waals surface area contributed by atoms with Gasteiger partial charge in [0.2, 0.25) is 0 Å². The van der Waals surface area contributed by atoms with Crippen molar-refractivity contribution >= 4 is 18.7 Å². The predicted molar refractivity (Wildman–Crippen MR) is 101 cm³/mol. The van der Waals surface area contributed by atoms with Crippen LogP contribution in [0.15, 0.2) is 60.7 Å². The number of rotatable bonds is 6. The molecule has 1 atom stereocenters. The van der Waals surface area contributed by atoms with Gasteiger partial charge in [-0.1, -0.05) is 81.4 Å². The Hall–Kier alpha value is -1.82. The van der Waals surface area contributed by atoms with Gasteiger partial charge in [0.05, 0.1) is 0 Å². The Morgan fingerprint density at radius 2 is 1.43 bits per heavy atom. The van der Waals surface area contributed by atoms with Crippen molar-refractivity contribution < 1.29 is 4.80 Å². The number of benzene rings is 2. The first-order valence-electron chi connectivity index (χ1n) is 8.18. The first-order chi connectivity index (χ1) is 10.9. The molecule has 0 aliphatic rings. The lowest BCUT2D eigenvalue weighted by Gasteiger charge is -2.42. The lowest BCUT2D eigenvalue weighted by Crippen LogP contribution is -2.65. The molecule has 2 aromatic rings. The van der Waals surface area contributed by atoms with Gasteiger partial charge in [0.1, 0.15) is 0 Å². The lowest BCUT2D eigenvalue weighted by molar-refractivity contribution is 0.404. The predicted octanol–water partition coefficient (Wildman–Crippen LogP) is 3.57. The van der Waals surface area contributed by atoms with E-state index in [9.17, 15) is 4.80 Å². The van der Waals surface area contributed by atoms with Crippen molar-refractivity contribution in [3.63, 3.8) is 0 Å². The minimum Gasteiger partial charge on any atom is -0.424 e. The fourth-order valence-corrected chi connectivity index (χ4v) is 7.49. The summed E-state index contributed by atoms with van der Waals surface area (Å²) >= 11 is 0. The molecule has 0 saturated carbocycles. The van der Waals surface area contributed by atoms with Gasteiger partial charge in [-0.05, 0) is 27.8 Å². The summed E-state index contributed by atoms with van der Waals surface area (Å²) in [6, 6.07) is 20.3. The van der Waals surface area contributed by atoms with E-state index in [1.54, 1.807) is 0 Å². The first kappa shape index (κ1) is 17.5. The van der Waals surface area contributed by atoms with Crippen LogP contribution in [-0.4, -0.2) is 13.1 Å². The molecule has 0 bridgehead atoms. The van der Waals surface area contributed by atoms with Gasteiger partial charge in [0, 0.05) is 6.42 Å². The van der Waals surface area contributed by atoms with Crippen LogP contribution < -0.4 is 10.4 Å². The molecule has 0 amide bonds. The van der Waals surface area contributed by atoms with Crippen molar-refractivity contribution in [3.8, 4) is 12.3 Å². The molecule has 120 valence electrons. The van der Waals surface area contributed by atoms with Crippen LogP contribution in [0.2, 0.25) is 5.04 Å². The highest BCUT2D eigenvalue weighted by Crippen LogP contribution is 2.41. The molecule has 2 aromatic carbocycles. The first-order valence-corrected chi connectivity index (χ1v) is 10.1. The summed E-state index contributed by atoms with van der Waals surface area (Å²) in [5.74, 6) is 3.15. The zero-order chi connectivity index (χ0) is 16.9. The summed E-state index contributed by atoms with van der Waals surface area (Å²) in [6.07, 6.45) is 7.13. The topological polar surface area (TPSA) is 20.2 Å².